The molecule has 0 saturated carbocycles. The first-order valence-electron chi connectivity index (χ1n) is 9.54. The highest BCUT2D eigenvalue weighted by Gasteiger charge is 2.14. The number of benzene rings is 2. The van der Waals surface area contributed by atoms with E-state index in [0.717, 1.165) is 16.8 Å². The summed E-state index contributed by atoms with van der Waals surface area (Å²) in [6.45, 7) is 3.13. The van der Waals surface area contributed by atoms with E-state index in [1.165, 1.54) is 0 Å². The molecular formula is C24H24ClN3O. The van der Waals surface area contributed by atoms with Gasteiger partial charge in [0.2, 0.25) is 0 Å². The molecule has 2 aromatic carbocycles. The van der Waals surface area contributed by atoms with Gasteiger partial charge in [0.15, 0.2) is 0 Å². The molecule has 3 rings (SSSR count). The summed E-state index contributed by atoms with van der Waals surface area (Å²) in [5.41, 5.74) is 3.89. The van der Waals surface area contributed by atoms with Gasteiger partial charge in [-0.1, -0.05) is 59.6 Å². The molecule has 0 saturated heterocycles. The van der Waals surface area contributed by atoms with Gasteiger partial charge in [-0.2, -0.15) is 0 Å². The molecule has 0 atom stereocenters. The third kappa shape index (κ3) is 6.77. The minimum absolute atomic E-state index is 0.149. The minimum atomic E-state index is -0.149. The molecule has 0 unspecified atom stereocenters. The molecule has 0 aliphatic rings. The molecule has 0 aliphatic carbocycles. The molecule has 29 heavy (non-hydrogen) atoms. The molecule has 148 valence electrons. The number of carbonyl (C=O) groups excluding carboxylic acids is 1. The molecule has 1 aromatic heterocycles. The van der Waals surface area contributed by atoms with Crippen LogP contribution in [-0.4, -0.2) is 29.0 Å². The van der Waals surface area contributed by atoms with Gasteiger partial charge in [-0.15, -0.1) is 0 Å². The van der Waals surface area contributed by atoms with Gasteiger partial charge in [0, 0.05) is 42.1 Å². The lowest BCUT2D eigenvalue weighted by atomic mass is 10.1. The van der Waals surface area contributed by atoms with Crippen molar-refractivity contribution < 1.29 is 4.79 Å². The molecule has 2 amide bonds. The van der Waals surface area contributed by atoms with Crippen LogP contribution in [-0.2, 0) is 6.42 Å². The van der Waals surface area contributed by atoms with Gasteiger partial charge in [-0.3, -0.25) is 4.98 Å². The lowest BCUT2D eigenvalue weighted by Gasteiger charge is -2.23. The fourth-order valence-electron chi connectivity index (χ4n) is 2.96. The molecule has 4 nitrogen and oxygen atoms in total. The number of carbonyl (C=O) groups is 1. The Hall–Kier alpha value is -3.11. The van der Waals surface area contributed by atoms with Gasteiger partial charge < -0.3 is 10.2 Å². The van der Waals surface area contributed by atoms with E-state index in [4.69, 9.17) is 11.6 Å². The van der Waals surface area contributed by atoms with E-state index in [9.17, 15) is 4.79 Å². The number of halogens is 1. The van der Waals surface area contributed by atoms with E-state index in [-0.39, 0.29) is 6.03 Å². The van der Waals surface area contributed by atoms with Crippen LogP contribution in [0.3, 0.4) is 0 Å². The van der Waals surface area contributed by atoms with Crippen molar-refractivity contribution >= 4 is 29.4 Å². The predicted molar refractivity (Wildman–Crippen MR) is 120 cm³/mol. The number of nitrogens with zero attached hydrogens (tertiary/aromatic N) is 2. The number of amides is 2. The third-order valence-electron chi connectivity index (χ3n) is 4.40. The average Bonchev–Trinajstić information content (AvgIpc) is 2.74. The molecule has 1 heterocycles. The van der Waals surface area contributed by atoms with Crippen LogP contribution in [0.2, 0.25) is 5.02 Å². The quantitative estimate of drug-likeness (QED) is 0.530. The van der Waals surface area contributed by atoms with Gasteiger partial charge in [-0.25, -0.2) is 4.79 Å². The zero-order valence-corrected chi connectivity index (χ0v) is 17.1. The standard InChI is InChI=1S/C24H24ClN3O/c1-19(17-20-7-3-2-4-8-20)18-28(16-14-22-9-5-6-15-26-22)24(29)27-23-12-10-21(25)11-13-23/h2-13,15,17H,14,16,18H2,1H3,(H,27,29)/b19-17+. The molecule has 0 radical (unpaired) electrons. The van der Waals surface area contributed by atoms with Gasteiger partial charge in [0.25, 0.3) is 0 Å². The van der Waals surface area contributed by atoms with E-state index in [1.807, 2.05) is 43.3 Å². The number of anilines is 1. The summed E-state index contributed by atoms with van der Waals surface area (Å²) >= 11 is 5.94. The van der Waals surface area contributed by atoms with Crippen molar-refractivity contribution in [2.24, 2.45) is 0 Å². The van der Waals surface area contributed by atoms with Crippen molar-refractivity contribution in [1.29, 1.82) is 0 Å². The maximum Gasteiger partial charge on any atom is 0.322 e. The van der Waals surface area contributed by atoms with Gasteiger partial charge >= 0.3 is 6.03 Å². The molecule has 0 bridgehead atoms. The Bertz CT molecular complexity index is 941. The maximum absolute atomic E-state index is 12.9. The summed E-state index contributed by atoms with van der Waals surface area (Å²) < 4.78 is 0. The Morgan fingerprint density at radius 1 is 1.03 bits per heavy atom. The van der Waals surface area contributed by atoms with Crippen LogP contribution in [0.15, 0.2) is 84.6 Å². The molecule has 0 aliphatic heterocycles. The van der Waals surface area contributed by atoms with Crippen LogP contribution in [0, 0.1) is 0 Å². The normalized spacial score (nSPS) is 11.2. The second-order valence-electron chi connectivity index (χ2n) is 6.83. The molecule has 0 fully saturated rings. The van der Waals surface area contributed by atoms with E-state index >= 15 is 0 Å². The minimum Gasteiger partial charge on any atom is -0.320 e. The first-order chi connectivity index (χ1) is 14.1. The highest BCUT2D eigenvalue weighted by Crippen LogP contribution is 2.15. The molecule has 0 spiro atoms. The largest absolute Gasteiger partial charge is 0.322 e. The van der Waals surface area contributed by atoms with Crippen LogP contribution in [0.4, 0.5) is 10.5 Å². The van der Waals surface area contributed by atoms with Crippen molar-refractivity contribution in [2.75, 3.05) is 18.4 Å². The Balaban J connectivity index is 1.71. The molecular weight excluding hydrogens is 382 g/mol. The summed E-state index contributed by atoms with van der Waals surface area (Å²) in [5, 5.41) is 3.59. The topological polar surface area (TPSA) is 45.2 Å². The first-order valence-corrected chi connectivity index (χ1v) is 9.91. The van der Waals surface area contributed by atoms with Crippen LogP contribution < -0.4 is 5.32 Å². The van der Waals surface area contributed by atoms with Crippen LogP contribution in [0.25, 0.3) is 6.08 Å². The Kier molecular flexibility index (Phi) is 7.42. The fourth-order valence-corrected chi connectivity index (χ4v) is 3.09. The van der Waals surface area contributed by atoms with Crippen LogP contribution >= 0.6 is 11.6 Å². The predicted octanol–water partition coefficient (Wildman–Crippen LogP) is 5.92. The van der Waals surface area contributed by atoms with Crippen molar-refractivity contribution in [3.8, 4) is 0 Å². The van der Waals surface area contributed by atoms with Crippen LogP contribution in [0.5, 0.6) is 0 Å². The molecule has 3 aromatic rings. The number of rotatable bonds is 7. The van der Waals surface area contributed by atoms with E-state index in [1.54, 1.807) is 35.4 Å². The van der Waals surface area contributed by atoms with Crippen LogP contribution in [0.1, 0.15) is 18.2 Å². The monoisotopic (exact) mass is 405 g/mol. The van der Waals surface area contributed by atoms with Crippen molar-refractivity contribution in [3.63, 3.8) is 0 Å². The second-order valence-corrected chi connectivity index (χ2v) is 7.27. The lowest BCUT2D eigenvalue weighted by molar-refractivity contribution is 0.216. The highest BCUT2D eigenvalue weighted by atomic mass is 35.5. The number of urea groups is 1. The lowest BCUT2D eigenvalue weighted by Crippen LogP contribution is -2.37. The van der Waals surface area contributed by atoms with Gasteiger partial charge in [0.05, 0.1) is 0 Å². The number of hydrogen-bond acceptors (Lipinski definition) is 2. The number of hydrogen-bond donors (Lipinski definition) is 1. The summed E-state index contributed by atoms with van der Waals surface area (Å²) in [4.78, 5) is 19.1. The van der Waals surface area contributed by atoms with E-state index in [0.29, 0.717) is 30.2 Å². The van der Waals surface area contributed by atoms with Gasteiger partial charge in [-0.05, 0) is 48.9 Å². The first kappa shape index (κ1) is 20.6. The summed E-state index contributed by atoms with van der Waals surface area (Å²) in [5.74, 6) is 0. The summed E-state index contributed by atoms with van der Waals surface area (Å²) in [6, 6.07) is 22.9. The molecule has 5 heteroatoms. The van der Waals surface area contributed by atoms with E-state index < -0.39 is 0 Å². The maximum atomic E-state index is 12.9. The van der Waals surface area contributed by atoms with Crippen molar-refractivity contribution in [3.05, 3.63) is 101 Å². The zero-order chi connectivity index (χ0) is 20.5. The number of nitrogens with one attached hydrogen (secondary N) is 1. The Labute approximate surface area is 176 Å². The zero-order valence-electron chi connectivity index (χ0n) is 16.4. The smallest absolute Gasteiger partial charge is 0.320 e. The number of aromatic nitrogens is 1. The summed E-state index contributed by atoms with van der Waals surface area (Å²) in [7, 11) is 0. The fraction of sp³-hybridized carbons (Fsp3) is 0.167. The highest BCUT2D eigenvalue weighted by molar-refractivity contribution is 6.30. The Morgan fingerprint density at radius 2 is 1.76 bits per heavy atom. The van der Waals surface area contributed by atoms with Gasteiger partial charge in [0.1, 0.15) is 0 Å². The van der Waals surface area contributed by atoms with E-state index in [2.05, 4.69) is 28.5 Å². The summed E-state index contributed by atoms with van der Waals surface area (Å²) in [6.07, 6.45) is 4.56. The number of pyridine rings is 1. The van der Waals surface area contributed by atoms with Crippen molar-refractivity contribution in [1.82, 2.24) is 9.88 Å². The third-order valence-corrected chi connectivity index (χ3v) is 4.65. The molecule has 1 N–H and O–H groups in total. The average molecular weight is 406 g/mol. The SMILES string of the molecule is C/C(=C\c1ccccc1)CN(CCc1ccccn1)C(=O)Nc1ccc(Cl)cc1. The van der Waals surface area contributed by atoms with Crippen molar-refractivity contribution in [2.45, 2.75) is 13.3 Å². The Morgan fingerprint density at radius 3 is 2.45 bits per heavy atom. The second kappa shape index (κ2) is 10.4.